The van der Waals surface area contributed by atoms with Crippen LogP contribution in [0.1, 0.15) is 12.8 Å². The average Bonchev–Trinajstić information content (AvgIpc) is 3.58. The number of hydrogen-bond acceptors (Lipinski definition) is 9. The minimum atomic E-state index is 0.106. The highest BCUT2D eigenvalue weighted by Crippen LogP contribution is 2.31. The number of aromatic amines is 1. The molecule has 1 aromatic carbocycles. The van der Waals surface area contributed by atoms with Crippen molar-refractivity contribution < 1.29 is 9.53 Å². The standard InChI is InChI=1S/C23H28N8O2S/c32-22(16-1-2-16)26-17-3-5-18(6-4-17)34-23-28-20(24-9-10-31-11-13-33-14-12-31)15-21(29-23)27-19-7-8-25-30-19/h3-8,15-16H,1-2,9-14H2,(H,26,32)(H3,24,25,27,28,29,30). The Balaban J connectivity index is 1.25. The minimum absolute atomic E-state index is 0.106. The summed E-state index contributed by atoms with van der Waals surface area (Å²) in [7, 11) is 0. The van der Waals surface area contributed by atoms with Crippen molar-refractivity contribution in [3.8, 4) is 0 Å². The van der Waals surface area contributed by atoms with Gasteiger partial charge in [-0.15, -0.1) is 0 Å². The molecule has 0 atom stereocenters. The second-order valence-corrected chi connectivity index (χ2v) is 9.33. The first-order chi connectivity index (χ1) is 16.7. The van der Waals surface area contributed by atoms with Crippen LogP contribution in [0.5, 0.6) is 0 Å². The molecule has 1 saturated heterocycles. The molecule has 10 nitrogen and oxygen atoms in total. The van der Waals surface area contributed by atoms with Gasteiger partial charge in [0, 0.05) is 54.8 Å². The molecule has 1 aliphatic heterocycles. The second-order valence-electron chi connectivity index (χ2n) is 8.29. The monoisotopic (exact) mass is 480 g/mol. The molecular formula is C23H28N8O2S. The zero-order valence-corrected chi connectivity index (χ0v) is 19.6. The molecule has 0 bridgehead atoms. The summed E-state index contributed by atoms with van der Waals surface area (Å²) in [5.74, 6) is 2.46. The molecular weight excluding hydrogens is 452 g/mol. The number of morpholine rings is 1. The Bertz CT molecular complexity index is 1080. The highest BCUT2D eigenvalue weighted by Gasteiger charge is 2.29. The number of hydrogen-bond donors (Lipinski definition) is 4. The van der Waals surface area contributed by atoms with Crippen molar-refractivity contribution in [2.24, 2.45) is 5.92 Å². The number of anilines is 4. The van der Waals surface area contributed by atoms with Crippen LogP contribution in [0.3, 0.4) is 0 Å². The number of amides is 1. The molecule has 1 amide bonds. The van der Waals surface area contributed by atoms with Crippen LogP contribution < -0.4 is 16.0 Å². The fourth-order valence-electron chi connectivity index (χ4n) is 3.56. The van der Waals surface area contributed by atoms with Crippen LogP contribution in [-0.4, -0.2) is 70.4 Å². The zero-order chi connectivity index (χ0) is 23.2. The van der Waals surface area contributed by atoms with Crippen molar-refractivity contribution in [3.63, 3.8) is 0 Å². The number of rotatable bonds is 10. The molecule has 1 aliphatic carbocycles. The van der Waals surface area contributed by atoms with Crippen LogP contribution in [0.4, 0.5) is 23.1 Å². The normalized spacial score (nSPS) is 16.2. The first-order valence-electron chi connectivity index (χ1n) is 11.5. The Kier molecular flexibility index (Phi) is 7.22. The molecule has 178 valence electrons. The van der Waals surface area contributed by atoms with E-state index in [1.54, 1.807) is 6.20 Å². The number of nitrogens with zero attached hydrogens (tertiary/aromatic N) is 4. The van der Waals surface area contributed by atoms with Gasteiger partial charge in [-0.05, 0) is 48.9 Å². The summed E-state index contributed by atoms with van der Waals surface area (Å²) < 4.78 is 5.42. The lowest BCUT2D eigenvalue weighted by molar-refractivity contribution is -0.117. The lowest BCUT2D eigenvalue weighted by Gasteiger charge is -2.26. The lowest BCUT2D eigenvalue weighted by atomic mass is 10.3. The van der Waals surface area contributed by atoms with Gasteiger partial charge in [-0.3, -0.25) is 14.8 Å². The fourth-order valence-corrected chi connectivity index (χ4v) is 4.33. The summed E-state index contributed by atoms with van der Waals surface area (Å²) in [5, 5.41) is 17.1. The van der Waals surface area contributed by atoms with Gasteiger partial charge < -0.3 is 20.7 Å². The van der Waals surface area contributed by atoms with Crippen molar-refractivity contribution in [1.82, 2.24) is 25.1 Å². The largest absolute Gasteiger partial charge is 0.379 e. The predicted octanol–water partition coefficient (Wildman–Crippen LogP) is 3.19. The van der Waals surface area contributed by atoms with E-state index in [1.165, 1.54) is 11.8 Å². The van der Waals surface area contributed by atoms with Crippen LogP contribution in [0, 0.1) is 5.92 Å². The van der Waals surface area contributed by atoms with Gasteiger partial charge in [-0.2, -0.15) is 5.10 Å². The lowest BCUT2D eigenvalue weighted by Crippen LogP contribution is -2.39. The van der Waals surface area contributed by atoms with E-state index in [1.807, 2.05) is 36.4 Å². The zero-order valence-electron chi connectivity index (χ0n) is 18.8. The molecule has 34 heavy (non-hydrogen) atoms. The molecule has 5 rings (SSSR count). The van der Waals surface area contributed by atoms with Gasteiger partial charge in [-0.1, -0.05) is 0 Å². The maximum Gasteiger partial charge on any atom is 0.227 e. The predicted molar refractivity (Wildman–Crippen MR) is 132 cm³/mol. The van der Waals surface area contributed by atoms with Crippen LogP contribution in [-0.2, 0) is 9.53 Å². The van der Waals surface area contributed by atoms with Crippen molar-refractivity contribution in [3.05, 3.63) is 42.6 Å². The Morgan fingerprint density at radius 3 is 2.65 bits per heavy atom. The Hall–Kier alpha value is -3.15. The topological polar surface area (TPSA) is 120 Å². The molecule has 3 heterocycles. The van der Waals surface area contributed by atoms with E-state index < -0.39 is 0 Å². The highest BCUT2D eigenvalue weighted by atomic mass is 32.2. The third-order valence-electron chi connectivity index (χ3n) is 5.59. The summed E-state index contributed by atoms with van der Waals surface area (Å²) in [5.41, 5.74) is 0.808. The van der Waals surface area contributed by atoms with Crippen LogP contribution >= 0.6 is 11.8 Å². The summed E-state index contributed by atoms with van der Waals surface area (Å²) in [6, 6.07) is 11.5. The highest BCUT2D eigenvalue weighted by molar-refractivity contribution is 7.99. The number of benzene rings is 1. The van der Waals surface area contributed by atoms with Gasteiger partial charge in [0.1, 0.15) is 17.5 Å². The van der Waals surface area contributed by atoms with Crippen LogP contribution in [0.2, 0.25) is 0 Å². The molecule has 3 aromatic rings. The summed E-state index contributed by atoms with van der Waals surface area (Å²) in [6.07, 6.45) is 3.66. The first-order valence-corrected chi connectivity index (χ1v) is 12.3. The molecule has 2 aliphatic rings. The summed E-state index contributed by atoms with van der Waals surface area (Å²) in [6.45, 7) is 5.19. The Morgan fingerprint density at radius 1 is 1.12 bits per heavy atom. The van der Waals surface area contributed by atoms with Crippen molar-refractivity contribution in [1.29, 1.82) is 0 Å². The van der Waals surface area contributed by atoms with E-state index >= 15 is 0 Å². The Labute approximate surface area is 202 Å². The number of carbonyl (C=O) groups is 1. The fraction of sp³-hybridized carbons (Fsp3) is 0.391. The average molecular weight is 481 g/mol. The molecule has 4 N–H and O–H groups in total. The molecule has 2 fully saturated rings. The SMILES string of the molecule is O=C(Nc1ccc(Sc2nc(NCCN3CCOCC3)cc(Nc3ccn[nH]3)n2)cc1)C1CC1. The van der Waals surface area contributed by atoms with Gasteiger partial charge in [0.2, 0.25) is 5.91 Å². The molecule has 11 heteroatoms. The van der Waals surface area contributed by atoms with E-state index in [0.29, 0.717) is 11.0 Å². The number of ether oxygens (including phenoxy) is 1. The van der Waals surface area contributed by atoms with Crippen molar-refractivity contribution in [2.45, 2.75) is 22.9 Å². The molecule has 2 aromatic heterocycles. The van der Waals surface area contributed by atoms with Crippen molar-refractivity contribution in [2.75, 3.05) is 55.3 Å². The quantitative estimate of drug-likeness (QED) is 0.324. The number of carbonyl (C=O) groups excluding carboxylic acids is 1. The maximum atomic E-state index is 12.0. The van der Waals surface area contributed by atoms with Crippen molar-refractivity contribution >= 4 is 40.8 Å². The second kappa shape index (κ2) is 10.9. The van der Waals surface area contributed by atoms with E-state index in [-0.39, 0.29) is 11.8 Å². The van der Waals surface area contributed by atoms with Gasteiger partial charge in [0.15, 0.2) is 5.16 Å². The van der Waals surface area contributed by atoms with Gasteiger partial charge in [0.25, 0.3) is 0 Å². The van der Waals surface area contributed by atoms with Gasteiger partial charge in [0.05, 0.1) is 19.4 Å². The number of nitrogens with one attached hydrogen (secondary N) is 4. The minimum Gasteiger partial charge on any atom is -0.379 e. The maximum absolute atomic E-state index is 12.0. The first kappa shape index (κ1) is 22.6. The van der Waals surface area contributed by atoms with E-state index in [2.05, 4.69) is 36.0 Å². The smallest absolute Gasteiger partial charge is 0.227 e. The molecule has 0 unspecified atom stereocenters. The molecule has 0 spiro atoms. The van der Waals surface area contributed by atoms with Gasteiger partial charge in [-0.25, -0.2) is 9.97 Å². The van der Waals surface area contributed by atoms with E-state index in [9.17, 15) is 4.79 Å². The molecule has 0 radical (unpaired) electrons. The Morgan fingerprint density at radius 2 is 1.91 bits per heavy atom. The van der Waals surface area contributed by atoms with Gasteiger partial charge >= 0.3 is 0 Å². The molecule has 1 saturated carbocycles. The van der Waals surface area contributed by atoms with Crippen LogP contribution in [0.25, 0.3) is 0 Å². The number of aromatic nitrogens is 4. The van der Waals surface area contributed by atoms with Crippen LogP contribution in [0.15, 0.2) is 52.6 Å². The third-order valence-corrected chi connectivity index (χ3v) is 6.46. The summed E-state index contributed by atoms with van der Waals surface area (Å²) in [4.78, 5) is 24.7. The number of H-pyrrole nitrogens is 1. The van der Waals surface area contributed by atoms with E-state index in [4.69, 9.17) is 9.72 Å². The summed E-state index contributed by atoms with van der Waals surface area (Å²) >= 11 is 1.47. The third kappa shape index (κ3) is 6.46. The van der Waals surface area contributed by atoms with E-state index in [0.717, 1.165) is 74.5 Å².